The Morgan fingerprint density at radius 3 is 3.20 bits per heavy atom. The lowest BCUT2D eigenvalue weighted by Gasteiger charge is -2.09. The van der Waals surface area contributed by atoms with E-state index in [1.165, 1.54) is 38.8 Å². The zero-order valence-corrected chi connectivity index (χ0v) is 6.60. The van der Waals surface area contributed by atoms with E-state index in [-0.39, 0.29) is 0 Å². The number of rotatable bonds is 2. The van der Waals surface area contributed by atoms with Gasteiger partial charge in [-0.1, -0.05) is 12.5 Å². The van der Waals surface area contributed by atoms with Gasteiger partial charge in [0.05, 0.1) is 0 Å². The van der Waals surface area contributed by atoms with Crippen LogP contribution < -0.4 is 5.32 Å². The van der Waals surface area contributed by atoms with Gasteiger partial charge in [0.2, 0.25) is 0 Å². The van der Waals surface area contributed by atoms with Crippen molar-refractivity contribution in [3.05, 3.63) is 12.7 Å². The second kappa shape index (κ2) is 4.51. The highest BCUT2D eigenvalue weighted by molar-refractivity contribution is 4.76. The van der Waals surface area contributed by atoms with Gasteiger partial charge in [0.25, 0.3) is 0 Å². The SMILES string of the molecule is C=CCC1CCCCNC1. The molecule has 0 aromatic heterocycles. The Balaban J connectivity index is 2.21. The first-order valence-electron chi connectivity index (χ1n) is 4.25. The normalized spacial score (nSPS) is 27.4. The Bertz CT molecular complexity index is 90.9. The molecule has 1 rings (SSSR count). The summed E-state index contributed by atoms with van der Waals surface area (Å²) in [6, 6.07) is 0. The molecular formula is C9H17N. The average molecular weight is 139 g/mol. The zero-order valence-electron chi connectivity index (χ0n) is 6.60. The molecule has 1 nitrogen and oxygen atoms in total. The van der Waals surface area contributed by atoms with E-state index in [0.717, 1.165) is 5.92 Å². The Labute approximate surface area is 63.5 Å². The van der Waals surface area contributed by atoms with Crippen molar-refractivity contribution in [2.75, 3.05) is 13.1 Å². The smallest absolute Gasteiger partial charge is 0.00176 e. The van der Waals surface area contributed by atoms with Crippen molar-refractivity contribution in [1.29, 1.82) is 0 Å². The first kappa shape index (κ1) is 7.80. The molecule has 0 aliphatic carbocycles. The molecule has 58 valence electrons. The van der Waals surface area contributed by atoms with E-state index < -0.39 is 0 Å². The molecule has 0 aromatic rings. The van der Waals surface area contributed by atoms with Crippen LogP contribution in [0.1, 0.15) is 25.7 Å². The molecule has 1 atom stereocenters. The summed E-state index contributed by atoms with van der Waals surface area (Å²) in [5.41, 5.74) is 0. The van der Waals surface area contributed by atoms with Gasteiger partial charge in [-0.3, -0.25) is 0 Å². The van der Waals surface area contributed by atoms with E-state index in [0.29, 0.717) is 0 Å². The highest BCUT2D eigenvalue weighted by Crippen LogP contribution is 2.14. The van der Waals surface area contributed by atoms with Crippen molar-refractivity contribution in [2.45, 2.75) is 25.7 Å². The molecule has 1 aliphatic rings. The van der Waals surface area contributed by atoms with E-state index in [2.05, 4.69) is 11.9 Å². The lowest BCUT2D eigenvalue weighted by Crippen LogP contribution is -2.19. The summed E-state index contributed by atoms with van der Waals surface area (Å²) in [6.45, 7) is 6.17. The van der Waals surface area contributed by atoms with Crippen molar-refractivity contribution in [3.8, 4) is 0 Å². The lowest BCUT2D eigenvalue weighted by atomic mass is 10.0. The monoisotopic (exact) mass is 139 g/mol. The van der Waals surface area contributed by atoms with Gasteiger partial charge in [0, 0.05) is 0 Å². The van der Waals surface area contributed by atoms with Crippen LogP contribution in [-0.2, 0) is 0 Å². The summed E-state index contributed by atoms with van der Waals surface area (Å²) in [5, 5.41) is 3.43. The average Bonchev–Trinajstić information content (AvgIpc) is 2.17. The molecule has 1 unspecified atom stereocenters. The topological polar surface area (TPSA) is 12.0 Å². The van der Waals surface area contributed by atoms with Crippen LogP contribution in [0.3, 0.4) is 0 Å². The molecule has 1 saturated heterocycles. The highest BCUT2D eigenvalue weighted by atomic mass is 14.9. The number of hydrogen-bond donors (Lipinski definition) is 1. The van der Waals surface area contributed by atoms with Crippen LogP contribution in [0.5, 0.6) is 0 Å². The van der Waals surface area contributed by atoms with Crippen molar-refractivity contribution in [3.63, 3.8) is 0 Å². The fourth-order valence-corrected chi connectivity index (χ4v) is 1.53. The van der Waals surface area contributed by atoms with Gasteiger partial charge in [-0.2, -0.15) is 0 Å². The van der Waals surface area contributed by atoms with E-state index in [9.17, 15) is 0 Å². The third-order valence-corrected chi connectivity index (χ3v) is 2.15. The minimum absolute atomic E-state index is 0.861. The molecule has 1 N–H and O–H groups in total. The standard InChI is InChI=1S/C9H17N/c1-2-5-9-6-3-4-7-10-8-9/h2,9-10H,1,3-8H2. The lowest BCUT2D eigenvalue weighted by molar-refractivity contribution is 0.486. The third kappa shape index (κ3) is 2.53. The van der Waals surface area contributed by atoms with Gasteiger partial charge in [-0.15, -0.1) is 6.58 Å². The predicted molar refractivity (Wildman–Crippen MR) is 45.0 cm³/mol. The Morgan fingerprint density at radius 1 is 1.50 bits per heavy atom. The quantitative estimate of drug-likeness (QED) is 0.577. The van der Waals surface area contributed by atoms with Gasteiger partial charge in [0.15, 0.2) is 0 Å². The zero-order chi connectivity index (χ0) is 7.23. The van der Waals surface area contributed by atoms with Crippen LogP contribution in [0, 0.1) is 5.92 Å². The molecule has 0 saturated carbocycles. The summed E-state index contributed by atoms with van der Waals surface area (Å²) >= 11 is 0. The predicted octanol–water partition coefficient (Wildman–Crippen LogP) is 1.95. The van der Waals surface area contributed by atoms with E-state index in [1.807, 2.05) is 6.08 Å². The van der Waals surface area contributed by atoms with Gasteiger partial charge >= 0.3 is 0 Å². The van der Waals surface area contributed by atoms with Crippen LogP contribution in [-0.4, -0.2) is 13.1 Å². The minimum atomic E-state index is 0.861. The van der Waals surface area contributed by atoms with Gasteiger partial charge in [-0.05, 0) is 38.3 Å². The molecule has 0 amide bonds. The van der Waals surface area contributed by atoms with E-state index in [1.54, 1.807) is 0 Å². The third-order valence-electron chi connectivity index (χ3n) is 2.15. The van der Waals surface area contributed by atoms with Gasteiger partial charge in [-0.25, -0.2) is 0 Å². The molecule has 1 heteroatoms. The van der Waals surface area contributed by atoms with Gasteiger partial charge in [0.1, 0.15) is 0 Å². The van der Waals surface area contributed by atoms with E-state index in [4.69, 9.17) is 0 Å². The van der Waals surface area contributed by atoms with Crippen molar-refractivity contribution < 1.29 is 0 Å². The number of hydrogen-bond acceptors (Lipinski definition) is 1. The maximum Gasteiger partial charge on any atom is -0.00176 e. The number of nitrogens with one attached hydrogen (secondary N) is 1. The summed E-state index contributed by atoms with van der Waals surface area (Å²) in [7, 11) is 0. The Kier molecular flexibility index (Phi) is 3.52. The number of allylic oxidation sites excluding steroid dienone is 1. The molecule has 0 aromatic carbocycles. The molecular weight excluding hydrogens is 122 g/mol. The maximum absolute atomic E-state index is 3.76. The van der Waals surface area contributed by atoms with Crippen LogP contribution in [0.25, 0.3) is 0 Å². The second-order valence-electron chi connectivity index (χ2n) is 3.09. The minimum Gasteiger partial charge on any atom is -0.316 e. The first-order valence-corrected chi connectivity index (χ1v) is 4.25. The van der Waals surface area contributed by atoms with E-state index >= 15 is 0 Å². The summed E-state index contributed by atoms with van der Waals surface area (Å²) in [6.07, 6.45) is 7.36. The van der Waals surface area contributed by atoms with Gasteiger partial charge < -0.3 is 5.32 Å². The first-order chi connectivity index (χ1) is 4.93. The largest absolute Gasteiger partial charge is 0.316 e. The highest BCUT2D eigenvalue weighted by Gasteiger charge is 2.08. The summed E-state index contributed by atoms with van der Waals surface area (Å²) in [5.74, 6) is 0.861. The Hall–Kier alpha value is -0.300. The van der Waals surface area contributed by atoms with Crippen molar-refractivity contribution in [2.24, 2.45) is 5.92 Å². The molecule has 0 radical (unpaired) electrons. The molecule has 1 heterocycles. The molecule has 0 spiro atoms. The molecule has 1 fully saturated rings. The second-order valence-corrected chi connectivity index (χ2v) is 3.09. The van der Waals surface area contributed by atoms with Crippen LogP contribution in [0.2, 0.25) is 0 Å². The molecule has 1 aliphatic heterocycles. The fourth-order valence-electron chi connectivity index (χ4n) is 1.53. The maximum atomic E-state index is 3.76. The van der Waals surface area contributed by atoms with Crippen LogP contribution in [0.15, 0.2) is 12.7 Å². The fraction of sp³-hybridized carbons (Fsp3) is 0.778. The summed E-state index contributed by atoms with van der Waals surface area (Å²) in [4.78, 5) is 0. The van der Waals surface area contributed by atoms with Crippen molar-refractivity contribution >= 4 is 0 Å². The molecule has 10 heavy (non-hydrogen) atoms. The van der Waals surface area contributed by atoms with Crippen LogP contribution >= 0.6 is 0 Å². The summed E-state index contributed by atoms with van der Waals surface area (Å²) < 4.78 is 0. The molecule has 0 bridgehead atoms. The van der Waals surface area contributed by atoms with Crippen LogP contribution in [0.4, 0.5) is 0 Å². The Morgan fingerprint density at radius 2 is 2.40 bits per heavy atom. The van der Waals surface area contributed by atoms with Crippen molar-refractivity contribution in [1.82, 2.24) is 5.32 Å².